The van der Waals surface area contributed by atoms with Crippen LogP contribution < -0.4 is 5.56 Å². The van der Waals surface area contributed by atoms with Gasteiger partial charge in [-0.1, -0.05) is 24.3 Å². The lowest BCUT2D eigenvalue weighted by molar-refractivity contribution is -0.161. The molecule has 0 radical (unpaired) electrons. The summed E-state index contributed by atoms with van der Waals surface area (Å²) in [4.78, 5) is 25.9. The van der Waals surface area contributed by atoms with Gasteiger partial charge in [-0.3, -0.25) is 4.79 Å². The standard InChI is InChI=1S/C26H33NO4/c1-15-12-13-19(14-16(15)2)21-17(3)20(18-10-8-9-11-18)22(27(7)24(21)28)23(25(29)30)31-26(4,5)6/h10,12-14,23H,8-9,11H2,1-7H3,(H,29,30). The van der Waals surface area contributed by atoms with Gasteiger partial charge in [0, 0.05) is 12.6 Å². The number of hydrogen-bond donors (Lipinski definition) is 1. The summed E-state index contributed by atoms with van der Waals surface area (Å²) in [5, 5.41) is 10.1. The van der Waals surface area contributed by atoms with Crippen molar-refractivity contribution in [2.75, 3.05) is 0 Å². The fraction of sp³-hybridized carbons (Fsp3) is 0.462. The number of nitrogens with zero attached hydrogens (tertiary/aromatic N) is 1. The van der Waals surface area contributed by atoms with Crippen LogP contribution in [0, 0.1) is 20.8 Å². The Morgan fingerprint density at radius 2 is 1.81 bits per heavy atom. The number of allylic oxidation sites excluding steroid dienone is 2. The number of rotatable bonds is 5. The van der Waals surface area contributed by atoms with E-state index < -0.39 is 17.7 Å². The first kappa shape index (κ1) is 23.0. The van der Waals surface area contributed by atoms with Crippen LogP contribution in [-0.2, 0) is 16.6 Å². The van der Waals surface area contributed by atoms with E-state index in [0.29, 0.717) is 11.3 Å². The van der Waals surface area contributed by atoms with E-state index in [-0.39, 0.29) is 5.56 Å². The number of aromatic nitrogens is 1. The highest BCUT2D eigenvalue weighted by molar-refractivity contribution is 5.83. The van der Waals surface area contributed by atoms with Gasteiger partial charge in [0.1, 0.15) is 0 Å². The topological polar surface area (TPSA) is 68.5 Å². The van der Waals surface area contributed by atoms with Crippen molar-refractivity contribution in [1.82, 2.24) is 4.57 Å². The third-order valence-electron chi connectivity index (χ3n) is 5.99. The Labute approximate surface area is 184 Å². The minimum absolute atomic E-state index is 0.207. The van der Waals surface area contributed by atoms with Crippen molar-refractivity contribution >= 4 is 11.5 Å². The Morgan fingerprint density at radius 3 is 2.32 bits per heavy atom. The van der Waals surface area contributed by atoms with E-state index in [1.807, 2.05) is 59.7 Å². The number of aliphatic carboxylic acids is 1. The predicted molar refractivity (Wildman–Crippen MR) is 124 cm³/mol. The summed E-state index contributed by atoms with van der Waals surface area (Å²) < 4.78 is 7.45. The number of pyridine rings is 1. The molecule has 1 aromatic carbocycles. The molecule has 31 heavy (non-hydrogen) atoms. The molecule has 166 valence electrons. The van der Waals surface area contributed by atoms with Gasteiger partial charge in [0.05, 0.1) is 16.9 Å². The van der Waals surface area contributed by atoms with Gasteiger partial charge in [0.2, 0.25) is 0 Å². The van der Waals surface area contributed by atoms with E-state index >= 15 is 0 Å². The van der Waals surface area contributed by atoms with Crippen LogP contribution in [0.1, 0.15) is 74.1 Å². The van der Waals surface area contributed by atoms with Gasteiger partial charge in [-0.15, -0.1) is 0 Å². The number of benzene rings is 1. The second kappa shape index (κ2) is 8.46. The quantitative estimate of drug-likeness (QED) is 0.691. The summed E-state index contributed by atoms with van der Waals surface area (Å²) >= 11 is 0. The average molecular weight is 424 g/mol. The fourth-order valence-electron chi connectivity index (χ4n) is 4.35. The monoisotopic (exact) mass is 423 g/mol. The summed E-state index contributed by atoms with van der Waals surface area (Å²) in [6, 6.07) is 6.03. The van der Waals surface area contributed by atoms with Crippen LogP contribution in [0.25, 0.3) is 16.7 Å². The molecule has 1 unspecified atom stereocenters. The summed E-state index contributed by atoms with van der Waals surface area (Å²) in [6.07, 6.45) is 3.76. The Balaban J connectivity index is 2.38. The molecule has 0 bridgehead atoms. The van der Waals surface area contributed by atoms with Crippen LogP contribution in [0.4, 0.5) is 0 Å². The minimum atomic E-state index is -1.23. The number of ether oxygens (including phenoxy) is 1. The maximum Gasteiger partial charge on any atom is 0.339 e. The van der Waals surface area contributed by atoms with Crippen LogP contribution in [-0.4, -0.2) is 21.2 Å². The Bertz CT molecular complexity index is 1120. The molecule has 0 aliphatic heterocycles. The predicted octanol–water partition coefficient (Wildman–Crippen LogP) is 5.49. The second-order valence-electron chi connectivity index (χ2n) is 9.49. The zero-order valence-electron chi connectivity index (χ0n) is 19.6. The molecular weight excluding hydrogens is 390 g/mol. The highest BCUT2D eigenvalue weighted by Crippen LogP contribution is 2.39. The van der Waals surface area contributed by atoms with Gasteiger partial charge < -0.3 is 14.4 Å². The molecule has 0 fully saturated rings. The third kappa shape index (κ3) is 4.52. The molecule has 0 spiro atoms. The zero-order chi connectivity index (χ0) is 23.1. The van der Waals surface area contributed by atoms with Crippen LogP contribution in [0.5, 0.6) is 0 Å². The highest BCUT2D eigenvalue weighted by Gasteiger charge is 2.34. The number of hydrogen-bond acceptors (Lipinski definition) is 3. The normalized spacial score (nSPS) is 15.1. The van der Waals surface area contributed by atoms with E-state index in [1.54, 1.807) is 7.05 Å². The fourth-order valence-corrected chi connectivity index (χ4v) is 4.35. The smallest absolute Gasteiger partial charge is 0.339 e. The third-order valence-corrected chi connectivity index (χ3v) is 5.99. The van der Waals surface area contributed by atoms with Crippen LogP contribution >= 0.6 is 0 Å². The van der Waals surface area contributed by atoms with E-state index in [2.05, 4.69) is 6.08 Å². The summed E-state index contributed by atoms with van der Waals surface area (Å²) in [5.41, 5.74) is 6.05. The van der Waals surface area contributed by atoms with Crippen molar-refractivity contribution in [3.8, 4) is 11.1 Å². The van der Waals surface area contributed by atoms with Crippen molar-refractivity contribution < 1.29 is 14.6 Å². The molecule has 1 atom stereocenters. The summed E-state index contributed by atoms with van der Waals surface area (Å²) in [5.74, 6) is -1.09. The van der Waals surface area contributed by atoms with Crippen molar-refractivity contribution in [3.05, 3.63) is 62.6 Å². The van der Waals surface area contributed by atoms with Gasteiger partial charge >= 0.3 is 5.97 Å². The van der Waals surface area contributed by atoms with Crippen LogP contribution in [0.2, 0.25) is 0 Å². The van der Waals surface area contributed by atoms with Gasteiger partial charge in [0.25, 0.3) is 5.56 Å². The van der Waals surface area contributed by atoms with Gasteiger partial charge in [-0.05, 0) is 88.6 Å². The molecule has 1 aliphatic carbocycles. The Kier molecular flexibility index (Phi) is 6.28. The molecule has 5 heteroatoms. The van der Waals surface area contributed by atoms with E-state index in [9.17, 15) is 14.7 Å². The maximum atomic E-state index is 13.6. The molecule has 3 rings (SSSR count). The van der Waals surface area contributed by atoms with E-state index in [4.69, 9.17) is 4.74 Å². The Hall–Kier alpha value is -2.66. The van der Waals surface area contributed by atoms with Crippen LogP contribution in [0.3, 0.4) is 0 Å². The number of carboxylic acids is 1. The molecule has 0 amide bonds. The summed E-state index contributed by atoms with van der Waals surface area (Å²) in [6.45, 7) is 11.5. The number of carbonyl (C=O) groups is 1. The lowest BCUT2D eigenvalue weighted by Gasteiger charge is -2.29. The van der Waals surface area contributed by atoms with E-state index in [0.717, 1.165) is 52.7 Å². The second-order valence-corrected chi connectivity index (χ2v) is 9.49. The molecular formula is C26H33NO4. The number of aryl methyl sites for hydroxylation is 2. The van der Waals surface area contributed by atoms with Gasteiger partial charge in [-0.25, -0.2) is 4.79 Å². The molecule has 1 heterocycles. The Morgan fingerprint density at radius 1 is 1.13 bits per heavy atom. The zero-order valence-corrected chi connectivity index (χ0v) is 19.6. The first-order valence-electron chi connectivity index (χ1n) is 10.8. The lowest BCUT2D eigenvalue weighted by atomic mass is 9.89. The number of carboxylic acid groups (broad SMARTS) is 1. The molecule has 1 N–H and O–H groups in total. The summed E-state index contributed by atoms with van der Waals surface area (Å²) in [7, 11) is 1.66. The van der Waals surface area contributed by atoms with Gasteiger partial charge in [-0.2, -0.15) is 0 Å². The molecule has 0 saturated heterocycles. The molecule has 0 saturated carbocycles. The average Bonchev–Trinajstić information content (AvgIpc) is 3.19. The van der Waals surface area contributed by atoms with Crippen molar-refractivity contribution in [2.45, 2.75) is 72.5 Å². The minimum Gasteiger partial charge on any atom is -0.479 e. The molecule has 1 aromatic heterocycles. The largest absolute Gasteiger partial charge is 0.479 e. The first-order chi connectivity index (χ1) is 14.4. The van der Waals surface area contributed by atoms with Crippen LogP contribution in [0.15, 0.2) is 29.1 Å². The molecule has 2 aromatic rings. The molecule has 5 nitrogen and oxygen atoms in total. The van der Waals surface area contributed by atoms with Gasteiger partial charge in [0.15, 0.2) is 6.10 Å². The molecule has 1 aliphatic rings. The maximum absolute atomic E-state index is 13.6. The van der Waals surface area contributed by atoms with Crippen molar-refractivity contribution in [3.63, 3.8) is 0 Å². The lowest BCUT2D eigenvalue weighted by Crippen LogP contribution is -2.34. The van der Waals surface area contributed by atoms with Crippen molar-refractivity contribution in [2.24, 2.45) is 7.05 Å². The van der Waals surface area contributed by atoms with Crippen molar-refractivity contribution in [1.29, 1.82) is 0 Å². The highest BCUT2D eigenvalue weighted by atomic mass is 16.5. The first-order valence-corrected chi connectivity index (χ1v) is 10.8. The SMILES string of the molecule is Cc1ccc(-c2c(C)c(C3=CCCC3)c(C(OC(C)(C)C)C(=O)O)n(C)c2=O)cc1C. The van der Waals surface area contributed by atoms with E-state index in [1.165, 1.54) is 4.57 Å².